The predicted octanol–water partition coefficient (Wildman–Crippen LogP) is 1.87. The van der Waals surface area contributed by atoms with Gasteiger partial charge in [0.05, 0.1) is 0 Å². The summed E-state index contributed by atoms with van der Waals surface area (Å²) in [5.41, 5.74) is 3.43. The van der Waals surface area contributed by atoms with E-state index < -0.39 is 0 Å². The monoisotopic (exact) mass is 256 g/mol. The molecule has 2 N–H and O–H groups in total. The largest absolute Gasteiger partial charge is 0.328 e. The molecule has 0 aliphatic rings. The van der Waals surface area contributed by atoms with Crippen molar-refractivity contribution < 1.29 is 14.4 Å². The van der Waals surface area contributed by atoms with Crippen molar-refractivity contribution in [2.75, 3.05) is 5.32 Å². The van der Waals surface area contributed by atoms with Crippen LogP contribution in [0.3, 0.4) is 0 Å². The summed E-state index contributed by atoms with van der Waals surface area (Å²) in [6.45, 7) is 1.80. The lowest BCUT2D eigenvalue weighted by molar-refractivity contribution is -0.134. The number of benzene rings is 1. The third-order valence-electron chi connectivity index (χ3n) is 2.06. The Morgan fingerprint density at radius 3 is 2.94 bits per heavy atom. The van der Waals surface area contributed by atoms with Gasteiger partial charge in [-0.25, -0.2) is 5.48 Å². The minimum Gasteiger partial charge on any atom is -0.328 e. The van der Waals surface area contributed by atoms with Gasteiger partial charge in [-0.15, -0.1) is 0 Å². The molecule has 5 nitrogen and oxygen atoms in total. The van der Waals surface area contributed by atoms with Crippen molar-refractivity contribution in [2.45, 2.75) is 20.0 Å². The zero-order valence-electron chi connectivity index (χ0n) is 9.33. The summed E-state index contributed by atoms with van der Waals surface area (Å²) >= 11 is 5.97. The summed E-state index contributed by atoms with van der Waals surface area (Å²) in [7, 11) is 0. The number of hydrogen-bond acceptors (Lipinski definition) is 3. The molecule has 2 amide bonds. The van der Waals surface area contributed by atoms with Crippen LogP contribution in [0.25, 0.3) is 0 Å². The Balaban J connectivity index is 2.68. The van der Waals surface area contributed by atoms with Crippen molar-refractivity contribution in [3.63, 3.8) is 0 Å². The number of anilines is 1. The lowest BCUT2D eigenvalue weighted by atomic mass is 10.2. The van der Waals surface area contributed by atoms with E-state index in [4.69, 9.17) is 16.4 Å². The van der Waals surface area contributed by atoms with Crippen LogP contribution in [-0.2, 0) is 21.0 Å². The van der Waals surface area contributed by atoms with Crippen LogP contribution >= 0.6 is 11.6 Å². The van der Waals surface area contributed by atoms with E-state index in [2.05, 4.69) is 10.8 Å². The number of hydrogen-bond donors (Lipinski definition) is 2. The summed E-state index contributed by atoms with van der Waals surface area (Å²) < 4.78 is 0. The van der Waals surface area contributed by atoms with Crippen LogP contribution in [-0.4, -0.2) is 12.3 Å². The molecule has 0 aromatic heterocycles. The van der Waals surface area contributed by atoms with E-state index >= 15 is 0 Å². The summed E-state index contributed by atoms with van der Waals surface area (Å²) in [5, 5.41) is 2.97. The highest BCUT2D eigenvalue weighted by molar-refractivity contribution is 6.31. The predicted molar refractivity (Wildman–Crippen MR) is 64.4 cm³/mol. The number of nitrogens with one attached hydrogen (secondary N) is 2. The van der Waals surface area contributed by atoms with E-state index in [-0.39, 0.29) is 12.5 Å². The van der Waals surface area contributed by atoms with Gasteiger partial charge < -0.3 is 5.32 Å². The van der Waals surface area contributed by atoms with Crippen LogP contribution in [0.5, 0.6) is 0 Å². The molecule has 0 fully saturated rings. The Kier molecular flexibility index (Phi) is 5.45. The van der Waals surface area contributed by atoms with Crippen LogP contribution in [0.1, 0.15) is 18.9 Å². The zero-order valence-corrected chi connectivity index (χ0v) is 10.1. The maximum absolute atomic E-state index is 11.0. The molecule has 0 saturated carbocycles. The molecular formula is C11H13ClN2O3. The average Bonchev–Trinajstić information content (AvgIpc) is 2.32. The molecular weight excluding hydrogens is 244 g/mol. The second kappa shape index (κ2) is 6.88. The molecule has 0 atom stereocenters. The first-order chi connectivity index (χ1) is 8.19. The van der Waals surface area contributed by atoms with Gasteiger partial charge in [-0.1, -0.05) is 24.6 Å². The third-order valence-corrected chi connectivity index (χ3v) is 2.41. The Hall–Kier alpha value is -1.59. The van der Waals surface area contributed by atoms with Gasteiger partial charge in [-0.2, -0.15) is 0 Å². The fraction of sp³-hybridized carbons (Fsp3) is 0.273. The molecule has 1 rings (SSSR count). The Labute approximate surface area is 104 Å². The minimum atomic E-state index is -0.220. The van der Waals surface area contributed by atoms with Crippen molar-refractivity contribution in [3.05, 3.63) is 28.8 Å². The van der Waals surface area contributed by atoms with Crippen LogP contribution < -0.4 is 10.8 Å². The fourth-order valence-electron chi connectivity index (χ4n) is 1.16. The number of hydroxylamine groups is 1. The van der Waals surface area contributed by atoms with E-state index in [0.29, 0.717) is 29.1 Å². The summed E-state index contributed by atoms with van der Waals surface area (Å²) in [5.74, 6) is -0.220. The summed E-state index contributed by atoms with van der Waals surface area (Å²) in [4.78, 5) is 26.4. The van der Waals surface area contributed by atoms with E-state index in [0.717, 1.165) is 0 Å². The molecule has 0 bridgehead atoms. The van der Waals surface area contributed by atoms with Gasteiger partial charge in [0.25, 0.3) is 0 Å². The molecule has 0 aliphatic heterocycles. The third kappa shape index (κ3) is 4.05. The molecule has 17 heavy (non-hydrogen) atoms. The van der Waals surface area contributed by atoms with E-state index in [1.165, 1.54) is 0 Å². The first-order valence-electron chi connectivity index (χ1n) is 5.07. The van der Waals surface area contributed by atoms with Crippen molar-refractivity contribution in [2.24, 2.45) is 0 Å². The molecule has 1 aromatic rings. The molecule has 0 saturated heterocycles. The van der Waals surface area contributed by atoms with Crippen LogP contribution in [0.2, 0.25) is 5.02 Å². The van der Waals surface area contributed by atoms with Crippen LogP contribution in [0.15, 0.2) is 18.2 Å². The smallest absolute Gasteiger partial charge is 0.243 e. The first-order valence-corrected chi connectivity index (χ1v) is 5.45. The Morgan fingerprint density at radius 2 is 2.29 bits per heavy atom. The van der Waals surface area contributed by atoms with Gasteiger partial charge >= 0.3 is 0 Å². The van der Waals surface area contributed by atoms with E-state index in [9.17, 15) is 9.59 Å². The van der Waals surface area contributed by atoms with Gasteiger partial charge in [-0.3, -0.25) is 14.4 Å². The Morgan fingerprint density at radius 1 is 1.53 bits per heavy atom. The lowest BCUT2D eigenvalue weighted by Gasteiger charge is -2.10. The molecule has 0 radical (unpaired) electrons. The molecule has 0 unspecified atom stereocenters. The number of carbonyl (C=O) groups excluding carboxylic acids is 2. The van der Waals surface area contributed by atoms with Crippen molar-refractivity contribution in [3.8, 4) is 0 Å². The van der Waals surface area contributed by atoms with Gasteiger partial charge in [0.2, 0.25) is 12.3 Å². The quantitative estimate of drug-likeness (QED) is 0.603. The molecule has 0 spiro atoms. The molecule has 6 heteroatoms. The normalized spacial score (nSPS) is 9.76. The summed E-state index contributed by atoms with van der Waals surface area (Å²) in [6, 6.07) is 5.08. The average molecular weight is 257 g/mol. The molecule has 0 heterocycles. The van der Waals surface area contributed by atoms with Gasteiger partial charge in [0.1, 0.15) is 6.61 Å². The highest BCUT2D eigenvalue weighted by Gasteiger charge is 2.07. The van der Waals surface area contributed by atoms with Crippen LogP contribution in [0, 0.1) is 0 Å². The second-order valence-corrected chi connectivity index (χ2v) is 3.60. The Bertz CT molecular complexity index is 410. The van der Waals surface area contributed by atoms with Crippen molar-refractivity contribution >= 4 is 29.6 Å². The number of rotatable bonds is 6. The molecule has 0 aliphatic carbocycles. The number of amides is 2. The van der Waals surface area contributed by atoms with Crippen molar-refractivity contribution in [1.82, 2.24) is 5.48 Å². The minimum absolute atomic E-state index is 0.0849. The molecule has 92 valence electrons. The van der Waals surface area contributed by atoms with Gasteiger partial charge in [-0.05, 0) is 12.1 Å². The summed E-state index contributed by atoms with van der Waals surface area (Å²) in [6.07, 6.45) is 0.891. The maximum atomic E-state index is 11.0. The van der Waals surface area contributed by atoms with Gasteiger partial charge in [0, 0.05) is 22.7 Å². The lowest BCUT2D eigenvalue weighted by Crippen LogP contribution is -2.22. The van der Waals surface area contributed by atoms with Crippen molar-refractivity contribution in [1.29, 1.82) is 0 Å². The maximum Gasteiger partial charge on any atom is 0.243 e. The highest BCUT2D eigenvalue weighted by atomic mass is 35.5. The van der Waals surface area contributed by atoms with Gasteiger partial charge in [0.15, 0.2) is 0 Å². The highest BCUT2D eigenvalue weighted by Crippen LogP contribution is 2.24. The molecule has 1 aromatic carbocycles. The van der Waals surface area contributed by atoms with E-state index in [1.807, 2.05) is 0 Å². The number of carbonyl (C=O) groups is 2. The van der Waals surface area contributed by atoms with Crippen LogP contribution in [0.4, 0.5) is 5.69 Å². The zero-order chi connectivity index (χ0) is 12.7. The van der Waals surface area contributed by atoms with E-state index in [1.54, 1.807) is 25.1 Å². The SMILES string of the molecule is CCC(=O)NOCc1c(Cl)cccc1NC=O. The topological polar surface area (TPSA) is 67.4 Å². The fourth-order valence-corrected chi connectivity index (χ4v) is 1.39. The second-order valence-electron chi connectivity index (χ2n) is 3.20. The number of halogens is 1. The first kappa shape index (κ1) is 13.5. The standard InChI is InChI=1S/C11H13ClN2O3/c1-2-11(16)14-17-6-8-9(12)4-3-5-10(8)13-7-15/h3-5,7H,2,6H2,1H3,(H,13,15)(H,14,16).